The molecule has 0 aromatic heterocycles. The minimum atomic E-state index is -0.246. The highest BCUT2D eigenvalue weighted by atomic mass is 35.5. The maximum absolute atomic E-state index is 11.5. The molecule has 0 spiro atoms. The van der Waals surface area contributed by atoms with Gasteiger partial charge in [0.25, 0.3) is 0 Å². The number of benzene rings is 2. The van der Waals surface area contributed by atoms with Crippen LogP contribution >= 0.6 is 11.6 Å². The normalized spacial score (nSPS) is 10.3. The van der Waals surface area contributed by atoms with Crippen molar-refractivity contribution in [2.75, 3.05) is 6.61 Å². The lowest BCUT2D eigenvalue weighted by atomic mass is 10.1. The highest BCUT2D eigenvalue weighted by Gasteiger charge is 2.09. The van der Waals surface area contributed by atoms with E-state index in [1.807, 2.05) is 12.1 Å². The summed E-state index contributed by atoms with van der Waals surface area (Å²) >= 11 is 5.85. The van der Waals surface area contributed by atoms with E-state index in [2.05, 4.69) is 0 Å². The van der Waals surface area contributed by atoms with Crippen LogP contribution in [-0.2, 0) is 22.6 Å². The molecular formula is C18H19ClO4. The molecule has 0 amide bonds. The van der Waals surface area contributed by atoms with E-state index in [0.717, 1.165) is 11.1 Å². The summed E-state index contributed by atoms with van der Waals surface area (Å²) in [5.41, 5.74) is 1.82. The Bertz CT molecular complexity index is 653. The molecule has 2 rings (SSSR count). The summed E-state index contributed by atoms with van der Waals surface area (Å²) in [5, 5.41) is 10.3. The highest BCUT2D eigenvalue weighted by molar-refractivity contribution is 6.30. The zero-order valence-electron chi connectivity index (χ0n) is 12.9. The van der Waals surface area contributed by atoms with Gasteiger partial charge in [0.1, 0.15) is 18.1 Å². The van der Waals surface area contributed by atoms with Crippen molar-refractivity contribution in [3.63, 3.8) is 0 Å². The predicted octanol–water partition coefficient (Wildman–Crippen LogP) is 4.12. The number of phenolic OH excluding ortho intramolecular Hbond substituents is 1. The van der Waals surface area contributed by atoms with Crippen LogP contribution in [0.15, 0.2) is 42.5 Å². The maximum Gasteiger partial charge on any atom is 0.306 e. The first kappa shape index (κ1) is 17.2. The number of hydrogen-bond acceptors (Lipinski definition) is 4. The van der Waals surface area contributed by atoms with E-state index < -0.39 is 0 Å². The predicted molar refractivity (Wildman–Crippen MR) is 88.8 cm³/mol. The summed E-state index contributed by atoms with van der Waals surface area (Å²) in [4.78, 5) is 11.5. The third-order valence-electron chi connectivity index (χ3n) is 3.26. The van der Waals surface area contributed by atoms with Crippen LogP contribution in [0.4, 0.5) is 0 Å². The van der Waals surface area contributed by atoms with E-state index in [0.29, 0.717) is 30.4 Å². The molecule has 0 saturated heterocycles. The Kier molecular flexibility index (Phi) is 6.29. The molecule has 4 nitrogen and oxygen atoms in total. The summed E-state index contributed by atoms with van der Waals surface area (Å²) < 4.78 is 10.7. The molecule has 0 aliphatic carbocycles. The number of ether oxygens (including phenoxy) is 2. The molecular weight excluding hydrogens is 316 g/mol. The van der Waals surface area contributed by atoms with Crippen molar-refractivity contribution < 1.29 is 19.4 Å². The molecule has 1 N–H and O–H groups in total. The largest absolute Gasteiger partial charge is 0.508 e. The van der Waals surface area contributed by atoms with Gasteiger partial charge in [0.05, 0.1) is 6.61 Å². The van der Waals surface area contributed by atoms with Gasteiger partial charge in [0, 0.05) is 17.5 Å². The summed E-state index contributed by atoms with van der Waals surface area (Å²) in [5.74, 6) is 0.435. The van der Waals surface area contributed by atoms with Gasteiger partial charge in [0.15, 0.2) is 0 Å². The number of hydrogen-bond donors (Lipinski definition) is 1. The second-order valence-electron chi connectivity index (χ2n) is 5.01. The Morgan fingerprint density at radius 2 is 1.91 bits per heavy atom. The molecule has 0 bridgehead atoms. The van der Waals surface area contributed by atoms with E-state index in [1.54, 1.807) is 37.3 Å². The third-order valence-corrected chi connectivity index (χ3v) is 3.51. The Morgan fingerprint density at radius 1 is 1.17 bits per heavy atom. The quantitative estimate of drug-likeness (QED) is 0.774. The van der Waals surface area contributed by atoms with Gasteiger partial charge < -0.3 is 14.6 Å². The van der Waals surface area contributed by atoms with E-state index >= 15 is 0 Å². The van der Waals surface area contributed by atoms with Crippen LogP contribution < -0.4 is 4.74 Å². The lowest BCUT2D eigenvalue weighted by molar-refractivity contribution is -0.143. The maximum atomic E-state index is 11.5. The van der Waals surface area contributed by atoms with Gasteiger partial charge >= 0.3 is 5.97 Å². The van der Waals surface area contributed by atoms with Gasteiger partial charge in [-0.1, -0.05) is 29.8 Å². The zero-order chi connectivity index (χ0) is 16.7. The first-order chi connectivity index (χ1) is 11.1. The Balaban J connectivity index is 2.03. The second kappa shape index (κ2) is 8.44. The molecule has 0 saturated carbocycles. The fourth-order valence-corrected chi connectivity index (χ4v) is 2.22. The molecule has 0 aliphatic rings. The molecule has 23 heavy (non-hydrogen) atoms. The summed E-state index contributed by atoms with van der Waals surface area (Å²) in [6, 6.07) is 12.2. The number of halogens is 1. The Morgan fingerprint density at radius 3 is 2.61 bits per heavy atom. The van der Waals surface area contributed by atoms with Crippen LogP contribution in [-0.4, -0.2) is 17.7 Å². The number of aryl methyl sites for hydroxylation is 1. The molecule has 0 radical (unpaired) electrons. The van der Waals surface area contributed by atoms with Crippen LogP contribution in [0, 0.1) is 0 Å². The molecule has 2 aromatic carbocycles. The topological polar surface area (TPSA) is 55.8 Å². The van der Waals surface area contributed by atoms with E-state index in [9.17, 15) is 9.90 Å². The number of aromatic hydroxyl groups is 1. The molecule has 2 aromatic rings. The van der Waals surface area contributed by atoms with E-state index in [4.69, 9.17) is 21.1 Å². The molecule has 0 atom stereocenters. The molecule has 0 unspecified atom stereocenters. The highest BCUT2D eigenvalue weighted by Crippen LogP contribution is 2.26. The second-order valence-corrected chi connectivity index (χ2v) is 5.45. The van der Waals surface area contributed by atoms with Crippen molar-refractivity contribution in [1.82, 2.24) is 0 Å². The number of carbonyl (C=O) groups is 1. The van der Waals surface area contributed by atoms with Crippen molar-refractivity contribution in [1.29, 1.82) is 0 Å². The standard InChI is InChI=1S/C18H19ClO4/c1-2-22-18(21)10-6-14-5-9-16(20)11-17(14)23-12-13-3-7-15(19)8-4-13/h3-5,7-9,11,20H,2,6,10,12H2,1H3. The van der Waals surface area contributed by atoms with Crippen LogP contribution in [0.1, 0.15) is 24.5 Å². The van der Waals surface area contributed by atoms with Crippen molar-refractivity contribution >= 4 is 17.6 Å². The van der Waals surface area contributed by atoms with Crippen LogP contribution in [0.5, 0.6) is 11.5 Å². The van der Waals surface area contributed by atoms with Gasteiger partial charge in [-0.2, -0.15) is 0 Å². The van der Waals surface area contributed by atoms with Gasteiger partial charge in [0.2, 0.25) is 0 Å². The van der Waals surface area contributed by atoms with E-state index in [1.165, 1.54) is 0 Å². The number of rotatable bonds is 7. The molecule has 0 heterocycles. The zero-order valence-corrected chi connectivity index (χ0v) is 13.7. The van der Waals surface area contributed by atoms with E-state index in [-0.39, 0.29) is 18.1 Å². The number of carbonyl (C=O) groups excluding carboxylic acids is 1. The monoisotopic (exact) mass is 334 g/mol. The van der Waals surface area contributed by atoms with Crippen LogP contribution in [0.2, 0.25) is 5.02 Å². The molecule has 0 aliphatic heterocycles. The summed E-state index contributed by atoms with van der Waals surface area (Å²) in [6.45, 7) is 2.50. The number of phenols is 1. The van der Waals surface area contributed by atoms with Crippen molar-refractivity contribution in [3.8, 4) is 11.5 Å². The fraction of sp³-hybridized carbons (Fsp3) is 0.278. The van der Waals surface area contributed by atoms with Crippen LogP contribution in [0.25, 0.3) is 0 Å². The molecule has 122 valence electrons. The van der Waals surface area contributed by atoms with Gasteiger partial charge in [-0.05, 0) is 42.7 Å². The van der Waals surface area contributed by atoms with Crippen molar-refractivity contribution in [2.24, 2.45) is 0 Å². The lowest BCUT2D eigenvalue weighted by Crippen LogP contribution is -2.06. The van der Waals surface area contributed by atoms with Gasteiger partial charge in [-0.3, -0.25) is 4.79 Å². The minimum absolute atomic E-state index is 0.121. The van der Waals surface area contributed by atoms with Crippen molar-refractivity contribution in [2.45, 2.75) is 26.4 Å². The third kappa shape index (κ3) is 5.49. The smallest absolute Gasteiger partial charge is 0.306 e. The SMILES string of the molecule is CCOC(=O)CCc1ccc(O)cc1OCc1ccc(Cl)cc1. The Labute approximate surface area is 140 Å². The average Bonchev–Trinajstić information content (AvgIpc) is 2.54. The molecule has 0 fully saturated rings. The summed E-state index contributed by atoms with van der Waals surface area (Å²) in [7, 11) is 0. The first-order valence-corrected chi connectivity index (χ1v) is 7.81. The minimum Gasteiger partial charge on any atom is -0.508 e. The fourth-order valence-electron chi connectivity index (χ4n) is 2.10. The van der Waals surface area contributed by atoms with Gasteiger partial charge in [-0.15, -0.1) is 0 Å². The van der Waals surface area contributed by atoms with Crippen LogP contribution in [0.3, 0.4) is 0 Å². The summed E-state index contributed by atoms with van der Waals surface area (Å²) in [6.07, 6.45) is 0.769. The lowest BCUT2D eigenvalue weighted by Gasteiger charge is -2.12. The molecule has 5 heteroatoms. The van der Waals surface area contributed by atoms with Crippen molar-refractivity contribution in [3.05, 3.63) is 58.6 Å². The average molecular weight is 335 g/mol. The van der Waals surface area contributed by atoms with Gasteiger partial charge in [-0.25, -0.2) is 0 Å². The number of esters is 1. The first-order valence-electron chi connectivity index (χ1n) is 7.43. The Hall–Kier alpha value is -2.20.